The van der Waals surface area contributed by atoms with Crippen LogP contribution in [0.2, 0.25) is 0 Å². The van der Waals surface area contributed by atoms with Gasteiger partial charge in [0.15, 0.2) is 5.96 Å². The number of aryl methyl sites for hydroxylation is 1. The van der Waals surface area contributed by atoms with E-state index >= 15 is 0 Å². The van der Waals surface area contributed by atoms with Crippen molar-refractivity contribution in [3.63, 3.8) is 0 Å². The van der Waals surface area contributed by atoms with E-state index in [0.717, 1.165) is 37.6 Å². The molecule has 0 radical (unpaired) electrons. The molecule has 1 aliphatic rings. The number of aromatic amines is 1. The molecule has 21 heavy (non-hydrogen) atoms. The number of nitrogens with two attached hydrogens (primary N) is 1. The zero-order chi connectivity index (χ0) is 14.7. The molecule has 112 valence electrons. The van der Waals surface area contributed by atoms with Crippen LogP contribution in [0.15, 0.2) is 29.4 Å². The van der Waals surface area contributed by atoms with E-state index in [1.54, 1.807) is 0 Å². The van der Waals surface area contributed by atoms with Gasteiger partial charge in [0.05, 0.1) is 0 Å². The molecule has 3 rings (SSSR count). The van der Waals surface area contributed by atoms with Crippen LogP contribution in [0.25, 0.3) is 10.9 Å². The molecule has 2 heterocycles. The maximum Gasteiger partial charge on any atom is 0.191 e. The van der Waals surface area contributed by atoms with Gasteiger partial charge < -0.3 is 15.6 Å². The smallest absolute Gasteiger partial charge is 0.191 e. The van der Waals surface area contributed by atoms with Crippen LogP contribution in [0, 0.1) is 6.92 Å². The lowest BCUT2D eigenvalue weighted by atomic mass is 10.1. The number of hydrogen-bond donors (Lipinski definition) is 2. The van der Waals surface area contributed by atoms with Crippen molar-refractivity contribution in [2.24, 2.45) is 10.7 Å². The molecule has 5 heteroatoms. The number of aliphatic imine (C=N–C) groups is 1. The lowest BCUT2D eigenvalue weighted by Crippen LogP contribution is -2.42. The van der Waals surface area contributed by atoms with Crippen molar-refractivity contribution >= 4 is 28.6 Å². The Balaban J connectivity index is 1.65. The van der Waals surface area contributed by atoms with Gasteiger partial charge in [0.2, 0.25) is 0 Å². The third-order valence-corrected chi connectivity index (χ3v) is 4.94. The van der Waals surface area contributed by atoms with E-state index in [9.17, 15) is 0 Å². The molecule has 1 fully saturated rings. The lowest BCUT2D eigenvalue weighted by molar-refractivity contribution is 0.456. The average Bonchev–Trinajstić information content (AvgIpc) is 2.93. The van der Waals surface area contributed by atoms with E-state index in [2.05, 4.69) is 46.2 Å². The van der Waals surface area contributed by atoms with Crippen molar-refractivity contribution in [1.29, 1.82) is 0 Å². The molecule has 0 unspecified atom stereocenters. The highest BCUT2D eigenvalue weighted by atomic mass is 32.2. The van der Waals surface area contributed by atoms with Gasteiger partial charge >= 0.3 is 0 Å². The number of aromatic nitrogens is 1. The quantitative estimate of drug-likeness (QED) is 0.676. The molecule has 0 saturated carbocycles. The van der Waals surface area contributed by atoms with Gasteiger partial charge in [-0.15, -0.1) is 0 Å². The molecule has 0 spiro atoms. The van der Waals surface area contributed by atoms with Crippen LogP contribution in [-0.4, -0.2) is 47.0 Å². The molecule has 1 aliphatic heterocycles. The molecule has 2 aromatic rings. The first-order valence-corrected chi connectivity index (χ1v) is 8.59. The fourth-order valence-electron chi connectivity index (χ4n) is 2.75. The minimum atomic E-state index is 0.700. The normalized spacial score (nSPS) is 16.6. The minimum absolute atomic E-state index is 0.700. The fourth-order valence-corrected chi connectivity index (χ4v) is 3.66. The van der Waals surface area contributed by atoms with E-state index in [-0.39, 0.29) is 0 Å². The number of nitrogens with one attached hydrogen (secondary N) is 1. The molecule has 1 aromatic heterocycles. The predicted octanol–water partition coefficient (Wildman–Crippen LogP) is 2.38. The number of rotatable bonds is 3. The second-order valence-electron chi connectivity index (χ2n) is 5.40. The van der Waals surface area contributed by atoms with Crippen LogP contribution in [-0.2, 0) is 6.42 Å². The number of fused-ring (bicyclic) bond motifs is 1. The summed E-state index contributed by atoms with van der Waals surface area (Å²) in [5.74, 6) is 3.00. The summed E-state index contributed by atoms with van der Waals surface area (Å²) in [7, 11) is 0. The first kappa shape index (κ1) is 14.3. The number of benzene rings is 1. The molecular weight excluding hydrogens is 280 g/mol. The zero-order valence-electron chi connectivity index (χ0n) is 12.4. The second kappa shape index (κ2) is 6.43. The van der Waals surface area contributed by atoms with Crippen LogP contribution in [0.1, 0.15) is 11.1 Å². The first-order chi connectivity index (χ1) is 10.3. The maximum absolute atomic E-state index is 6.08. The summed E-state index contributed by atoms with van der Waals surface area (Å²) in [4.78, 5) is 10.1. The predicted molar refractivity (Wildman–Crippen MR) is 92.1 cm³/mol. The Morgan fingerprint density at radius 3 is 3.00 bits per heavy atom. The van der Waals surface area contributed by atoms with Gasteiger partial charge in [-0.05, 0) is 24.5 Å². The van der Waals surface area contributed by atoms with Gasteiger partial charge in [-0.1, -0.05) is 18.2 Å². The van der Waals surface area contributed by atoms with Gasteiger partial charge in [0, 0.05) is 48.2 Å². The highest BCUT2D eigenvalue weighted by Gasteiger charge is 2.12. The number of thioether (sulfide) groups is 1. The second-order valence-corrected chi connectivity index (χ2v) is 6.63. The topological polar surface area (TPSA) is 57.4 Å². The average molecular weight is 302 g/mol. The Kier molecular flexibility index (Phi) is 4.39. The number of para-hydroxylation sites is 1. The van der Waals surface area contributed by atoms with Crippen LogP contribution in [0.5, 0.6) is 0 Å². The SMILES string of the molecule is Cc1cccc2c(CCN=C(N)N3CCSCC3)c[nH]c12. The number of nitrogens with zero attached hydrogens (tertiary/aromatic N) is 2. The summed E-state index contributed by atoms with van der Waals surface area (Å²) >= 11 is 1.98. The molecular formula is C16H22N4S. The summed E-state index contributed by atoms with van der Waals surface area (Å²) in [5, 5.41) is 1.30. The van der Waals surface area contributed by atoms with Crippen molar-refractivity contribution in [1.82, 2.24) is 9.88 Å². The van der Waals surface area contributed by atoms with Crippen LogP contribution in [0.3, 0.4) is 0 Å². The molecule has 0 atom stereocenters. The van der Waals surface area contributed by atoms with Crippen molar-refractivity contribution in [2.45, 2.75) is 13.3 Å². The highest BCUT2D eigenvalue weighted by Crippen LogP contribution is 2.21. The Labute approximate surface area is 129 Å². The van der Waals surface area contributed by atoms with Gasteiger partial charge in [-0.25, -0.2) is 0 Å². The van der Waals surface area contributed by atoms with Crippen LogP contribution in [0.4, 0.5) is 0 Å². The third kappa shape index (κ3) is 3.18. The minimum Gasteiger partial charge on any atom is -0.370 e. The Morgan fingerprint density at radius 2 is 2.19 bits per heavy atom. The van der Waals surface area contributed by atoms with Crippen LogP contribution >= 0.6 is 11.8 Å². The zero-order valence-corrected chi connectivity index (χ0v) is 13.2. The summed E-state index contributed by atoms with van der Waals surface area (Å²) in [6.07, 6.45) is 3.02. The third-order valence-electron chi connectivity index (χ3n) is 4.00. The maximum atomic E-state index is 6.08. The van der Waals surface area contributed by atoms with Crippen molar-refractivity contribution < 1.29 is 0 Å². The molecule has 0 aliphatic carbocycles. The monoisotopic (exact) mass is 302 g/mol. The van der Waals surface area contributed by atoms with Crippen LogP contribution < -0.4 is 5.73 Å². The number of hydrogen-bond acceptors (Lipinski definition) is 2. The molecule has 0 bridgehead atoms. The summed E-state index contributed by atoms with van der Waals surface area (Å²) in [6, 6.07) is 6.41. The standard InChI is InChI=1S/C16H22N4S/c1-12-3-2-4-14-13(11-19-15(12)14)5-6-18-16(17)20-7-9-21-10-8-20/h2-4,11,19H,5-10H2,1H3,(H2,17,18). The molecule has 1 aromatic carbocycles. The molecule has 4 nitrogen and oxygen atoms in total. The summed E-state index contributed by atoms with van der Waals surface area (Å²) < 4.78 is 0. The number of H-pyrrole nitrogens is 1. The van der Waals surface area contributed by atoms with Crippen molar-refractivity contribution in [3.05, 3.63) is 35.5 Å². The molecule has 1 saturated heterocycles. The van der Waals surface area contributed by atoms with E-state index < -0.39 is 0 Å². The van der Waals surface area contributed by atoms with Gasteiger partial charge in [-0.2, -0.15) is 11.8 Å². The molecule has 0 amide bonds. The van der Waals surface area contributed by atoms with E-state index in [1.165, 1.54) is 22.0 Å². The lowest BCUT2D eigenvalue weighted by Gasteiger charge is -2.27. The van der Waals surface area contributed by atoms with Gasteiger partial charge in [0.1, 0.15) is 0 Å². The largest absolute Gasteiger partial charge is 0.370 e. The summed E-state index contributed by atoms with van der Waals surface area (Å²) in [6.45, 7) is 4.92. The van der Waals surface area contributed by atoms with Crippen molar-refractivity contribution in [2.75, 3.05) is 31.1 Å². The van der Waals surface area contributed by atoms with E-state index in [4.69, 9.17) is 5.73 Å². The Bertz CT molecular complexity index is 641. The van der Waals surface area contributed by atoms with Gasteiger partial charge in [0.25, 0.3) is 0 Å². The Morgan fingerprint density at radius 1 is 1.38 bits per heavy atom. The number of guanidine groups is 1. The highest BCUT2D eigenvalue weighted by molar-refractivity contribution is 7.99. The molecule has 3 N–H and O–H groups in total. The van der Waals surface area contributed by atoms with Gasteiger partial charge in [-0.3, -0.25) is 4.99 Å². The first-order valence-electron chi connectivity index (χ1n) is 7.44. The van der Waals surface area contributed by atoms with E-state index in [1.807, 2.05) is 11.8 Å². The fraction of sp³-hybridized carbons (Fsp3) is 0.438. The summed E-state index contributed by atoms with van der Waals surface area (Å²) in [5.41, 5.74) is 9.92. The Hall–Kier alpha value is -1.62. The van der Waals surface area contributed by atoms with Crippen molar-refractivity contribution in [3.8, 4) is 0 Å². The van der Waals surface area contributed by atoms with E-state index in [0.29, 0.717) is 5.96 Å².